The molecule has 94 valence electrons. The third-order valence-corrected chi connectivity index (χ3v) is 4.29. The van der Waals surface area contributed by atoms with Crippen molar-refractivity contribution in [1.29, 1.82) is 0 Å². The Morgan fingerprint density at radius 2 is 2.22 bits per heavy atom. The fourth-order valence-corrected chi connectivity index (χ4v) is 3.33. The third-order valence-electron chi connectivity index (χ3n) is 3.31. The van der Waals surface area contributed by atoms with Crippen LogP contribution < -0.4 is 0 Å². The Kier molecular flexibility index (Phi) is 3.14. The van der Waals surface area contributed by atoms with Crippen LogP contribution in [0.3, 0.4) is 0 Å². The first-order valence-corrected chi connectivity index (χ1v) is 7.11. The lowest BCUT2D eigenvalue weighted by molar-refractivity contribution is 0.245. The number of hydrogen-bond acceptors (Lipinski definition) is 4. The van der Waals surface area contributed by atoms with E-state index < -0.39 is 0 Å². The molecule has 0 saturated heterocycles. The van der Waals surface area contributed by atoms with Crippen molar-refractivity contribution >= 4 is 11.3 Å². The summed E-state index contributed by atoms with van der Waals surface area (Å²) in [5.74, 6) is 0.885. The molecule has 0 aliphatic carbocycles. The van der Waals surface area contributed by atoms with Gasteiger partial charge in [-0.15, -0.1) is 11.3 Å². The zero-order valence-corrected chi connectivity index (χ0v) is 11.6. The Labute approximate surface area is 112 Å². The van der Waals surface area contributed by atoms with Crippen molar-refractivity contribution in [3.63, 3.8) is 0 Å². The summed E-state index contributed by atoms with van der Waals surface area (Å²) in [6, 6.07) is 4.44. The van der Waals surface area contributed by atoms with E-state index in [0.717, 1.165) is 31.9 Å². The molecule has 3 heterocycles. The second-order valence-corrected chi connectivity index (χ2v) is 6.23. The first kappa shape index (κ1) is 11.8. The van der Waals surface area contributed by atoms with Gasteiger partial charge in [0.25, 0.3) is 0 Å². The van der Waals surface area contributed by atoms with Crippen molar-refractivity contribution in [2.75, 3.05) is 6.54 Å². The molecule has 0 amide bonds. The Hall–Kier alpha value is -1.26. The second-order valence-electron chi connectivity index (χ2n) is 4.86. The van der Waals surface area contributed by atoms with Crippen molar-refractivity contribution in [2.45, 2.75) is 33.4 Å². The van der Waals surface area contributed by atoms with Gasteiger partial charge in [0.2, 0.25) is 0 Å². The first-order valence-electron chi connectivity index (χ1n) is 6.30. The summed E-state index contributed by atoms with van der Waals surface area (Å²) in [5.41, 5.74) is 2.53. The number of nitrogens with zero attached hydrogens (tertiary/aromatic N) is 3. The molecule has 0 unspecified atom stereocenters. The van der Waals surface area contributed by atoms with E-state index in [9.17, 15) is 0 Å². The van der Waals surface area contributed by atoms with Gasteiger partial charge in [0.1, 0.15) is 5.82 Å². The van der Waals surface area contributed by atoms with Crippen LogP contribution in [-0.2, 0) is 19.5 Å². The van der Waals surface area contributed by atoms with Gasteiger partial charge in [0, 0.05) is 53.3 Å². The number of hydrogen-bond donors (Lipinski definition) is 0. The molecule has 0 saturated carbocycles. The topological polar surface area (TPSA) is 29.0 Å². The monoisotopic (exact) mass is 259 g/mol. The molecule has 0 radical (unpaired) electrons. The molecule has 0 fully saturated rings. The molecule has 2 aromatic heterocycles. The van der Waals surface area contributed by atoms with Crippen LogP contribution >= 0.6 is 11.3 Å². The van der Waals surface area contributed by atoms with Gasteiger partial charge in [-0.1, -0.05) is 0 Å². The molecular weight excluding hydrogens is 242 g/mol. The highest BCUT2D eigenvalue weighted by molar-refractivity contribution is 7.11. The third kappa shape index (κ3) is 2.44. The largest absolute Gasteiger partial charge is 0.293 e. The lowest BCUT2D eigenvalue weighted by Gasteiger charge is -2.27. The molecule has 0 atom stereocenters. The highest BCUT2D eigenvalue weighted by Gasteiger charge is 2.18. The van der Waals surface area contributed by atoms with Crippen molar-refractivity contribution in [2.24, 2.45) is 0 Å². The van der Waals surface area contributed by atoms with E-state index in [0.29, 0.717) is 0 Å². The minimum atomic E-state index is 0.885. The van der Waals surface area contributed by atoms with Crippen LogP contribution in [0, 0.1) is 13.8 Å². The summed E-state index contributed by atoms with van der Waals surface area (Å²) in [5, 5.41) is 0. The van der Waals surface area contributed by atoms with E-state index in [-0.39, 0.29) is 0 Å². The Morgan fingerprint density at radius 3 is 3.00 bits per heavy atom. The maximum absolute atomic E-state index is 4.52. The van der Waals surface area contributed by atoms with Crippen molar-refractivity contribution in [3.05, 3.63) is 45.2 Å². The van der Waals surface area contributed by atoms with Crippen LogP contribution in [-0.4, -0.2) is 21.4 Å². The van der Waals surface area contributed by atoms with Gasteiger partial charge in [0.05, 0.1) is 0 Å². The summed E-state index contributed by atoms with van der Waals surface area (Å²) in [6.07, 6.45) is 3.03. The summed E-state index contributed by atoms with van der Waals surface area (Å²) >= 11 is 1.89. The SMILES string of the molecule is Cc1ncc2c(n1)CCN(Cc1ccc(C)s1)C2. The zero-order chi connectivity index (χ0) is 12.5. The van der Waals surface area contributed by atoms with Crippen LogP contribution in [0.1, 0.15) is 26.8 Å². The van der Waals surface area contributed by atoms with Crippen LogP contribution in [0.5, 0.6) is 0 Å². The number of rotatable bonds is 2. The van der Waals surface area contributed by atoms with Crippen molar-refractivity contribution < 1.29 is 0 Å². The molecule has 3 rings (SSSR count). The van der Waals surface area contributed by atoms with Gasteiger partial charge in [0.15, 0.2) is 0 Å². The average molecular weight is 259 g/mol. The van der Waals surface area contributed by atoms with E-state index in [1.54, 1.807) is 0 Å². The molecule has 2 aromatic rings. The van der Waals surface area contributed by atoms with E-state index in [4.69, 9.17) is 0 Å². The van der Waals surface area contributed by atoms with Crippen LogP contribution in [0.4, 0.5) is 0 Å². The van der Waals surface area contributed by atoms with Crippen LogP contribution in [0.2, 0.25) is 0 Å². The minimum absolute atomic E-state index is 0.885. The molecule has 1 aliphatic heterocycles. The minimum Gasteiger partial charge on any atom is -0.293 e. The molecule has 18 heavy (non-hydrogen) atoms. The normalized spacial score (nSPS) is 15.7. The van der Waals surface area contributed by atoms with Gasteiger partial charge in [-0.05, 0) is 26.0 Å². The van der Waals surface area contributed by atoms with E-state index >= 15 is 0 Å². The van der Waals surface area contributed by atoms with Gasteiger partial charge in [-0.25, -0.2) is 9.97 Å². The Morgan fingerprint density at radius 1 is 1.33 bits per heavy atom. The highest BCUT2D eigenvalue weighted by Crippen LogP contribution is 2.22. The maximum atomic E-state index is 4.52. The summed E-state index contributed by atoms with van der Waals surface area (Å²) < 4.78 is 0. The average Bonchev–Trinajstić information content (AvgIpc) is 2.75. The fourth-order valence-electron chi connectivity index (χ4n) is 2.40. The van der Waals surface area contributed by atoms with E-state index in [2.05, 4.69) is 33.9 Å². The van der Waals surface area contributed by atoms with E-state index in [1.807, 2.05) is 24.5 Å². The van der Waals surface area contributed by atoms with Gasteiger partial charge < -0.3 is 0 Å². The predicted molar refractivity (Wildman–Crippen MR) is 73.6 cm³/mol. The van der Waals surface area contributed by atoms with Crippen molar-refractivity contribution in [1.82, 2.24) is 14.9 Å². The molecule has 0 N–H and O–H groups in total. The summed E-state index contributed by atoms with van der Waals surface area (Å²) in [7, 11) is 0. The van der Waals surface area contributed by atoms with Gasteiger partial charge in [-0.2, -0.15) is 0 Å². The summed E-state index contributed by atoms with van der Waals surface area (Å²) in [6.45, 7) is 7.25. The molecule has 0 bridgehead atoms. The van der Waals surface area contributed by atoms with Crippen molar-refractivity contribution in [3.8, 4) is 0 Å². The predicted octanol–water partition coefficient (Wildman–Crippen LogP) is 2.71. The molecule has 4 heteroatoms. The second kappa shape index (κ2) is 4.78. The van der Waals surface area contributed by atoms with E-state index in [1.165, 1.54) is 21.0 Å². The molecule has 0 aromatic carbocycles. The molecule has 1 aliphatic rings. The lowest BCUT2D eigenvalue weighted by atomic mass is 10.1. The van der Waals surface area contributed by atoms with Crippen LogP contribution in [0.25, 0.3) is 0 Å². The smallest absolute Gasteiger partial charge is 0.125 e. The maximum Gasteiger partial charge on any atom is 0.125 e. The first-order chi connectivity index (χ1) is 8.70. The lowest BCUT2D eigenvalue weighted by Crippen LogP contribution is -2.30. The quantitative estimate of drug-likeness (QED) is 0.830. The Balaban J connectivity index is 1.73. The standard InChI is InChI=1S/C14H17N3S/c1-10-3-4-13(18-10)9-17-6-5-14-12(8-17)7-15-11(2)16-14/h3-4,7H,5-6,8-9H2,1-2H3. The molecule has 3 nitrogen and oxygen atoms in total. The zero-order valence-electron chi connectivity index (χ0n) is 10.8. The van der Waals surface area contributed by atoms with Gasteiger partial charge in [-0.3, -0.25) is 4.90 Å². The number of aryl methyl sites for hydroxylation is 2. The number of thiophene rings is 1. The van der Waals surface area contributed by atoms with Gasteiger partial charge >= 0.3 is 0 Å². The fraction of sp³-hybridized carbons (Fsp3) is 0.429. The number of fused-ring (bicyclic) bond motifs is 1. The molecule has 0 spiro atoms. The highest BCUT2D eigenvalue weighted by atomic mass is 32.1. The van der Waals surface area contributed by atoms with Crippen LogP contribution in [0.15, 0.2) is 18.3 Å². The number of aromatic nitrogens is 2. The Bertz CT molecular complexity index is 562. The molecular formula is C14H17N3S. The summed E-state index contributed by atoms with van der Waals surface area (Å²) in [4.78, 5) is 14.1.